The molecule has 0 spiro atoms. The van der Waals surface area contributed by atoms with Crippen molar-refractivity contribution >= 4 is 11.6 Å². The smallest absolute Gasteiger partial charge is 0.161 e. The lowest BCUT2D eigenvalue weighted by Gasteiger charge is -2.23. The van der Waals surface area contributed by atoms with E-state index in [1.54, 1.807) is 0 Å². The van der Waals surface area contributed by atoms with E-state index in [2.05, 4.69) is 17.0 Å². The Morgan fingerprint density at radius 3 is 2.89 bits per heavy atom. The summed E-state index contributed by atoms with van der Waals surface area (Å²) >= 11 is 6.00. The molecule has 1 atom stereocenters. The predicted octanol–water partition coefficient (Wildman–Crippen LogP) is 2.70. The van der Waals surface area contributed by atoms with Gasteiger partial charge in [0, 0.05) is 18.5 Å². The van der Waals surface area contributed by atoms with Crippen molar-refractivity contribution in [1.82, 2.24) is 4.90 Å². The molecule has 0 amide bonds. The van der Waals surface area contributed by atoms with E-state index in [4.69, 9.17) is 21.1 Å². The summed E-state index contributed by atoms with van der Waals surface area (Å²) in [5.41, 5.74) is 1.31. The second kappa shape index (κ2) is 6.02. The molecule has 0 aromatic heterocycles. The topological polar surface area (TPSA) is 21.7 Å². The van der Waals surface area contributed by atoms with Crippen LogP contribution in [0.3, 0.4) is 0 Å². The molecule has 2 aliphatic rings. The average Bonchev–Trinajstić information content (AvgIpc) is 2.92. The first-order valence-corrected chi connectivity index (χ1v) is 7.59. The highest BCUT2D eigenvalue weighted by Gasteiger charge is 2.23. The number of hydrogen-bond donors (Lipinski definition) is 0. The van der Waals surface area contributed by atoms with E-state index in [1.807, 2.05) is 6.07 Å². The number of likely N-dealkylation sites (tertiary alicyclic amines) is 1. The van der Waals surface area contributed by atoms with Gasteiger partial charge in [0.15, 0.2) is 11.5 Å². The normalized spacial score (nSPS) is 22.7. The lowest BCUT2D eigenvalue weighted by atomic mass is 10.1. The van der Waals surface area contributed by atoms with Crippen LogP contribution in [0.25, 0.3) is 0 Å². The van der Waals surface area contributed by atoms with E-state index >= 15 is 0 Å². The fourth-order valence-corrected chi connectivity index (χ4v) is 3.23. The summed E-state index contributed by atoms with van der Waals surface area (Å²) < 4.78 is 11.2. The van der Waals surface area contributed by atoms with Crippen LogP contribution in [-0.2, 0) is 6.42 Å². The maximum absolute atomic E-state index is 6.00. The van der Waals surface area contributed by atoms with Gasteiger partial charge in [0.25, 0.3) is 0 Å². The Morgan fingerprint density at radius 2 is 2.05 bits per heavy atom. The van der Waals surface area contributed by atoms with Gasteiger partial charge in [0.2, 0.25) is 0 Å². The number of ether oxygens (including phenoxy) is 2. The molecule has 1 aromatic rings. The quantitative estimate of drug-likeness (QED) is 0.792. The Labute approximate surface area is 119 Å². The van der Waals surface area contributed by atoms with Crippen LogP contribution in [0, 0.1) is 0 Å². The molecule has 1 fully saturated rings. The van der Waals surface area contributed by atoms with Crippen molar-refractivity contribution in [3.05, 3.63) is 23.8 Å². The van der Waals surface area contributed by atoms with Gasteiger partial charge < -0.3 is 9.47 Å². The van der Waals surface area contributed by atoms with Gasteiger partial charge in [-0.1, -0.05) is 6.07 Å². The number of nitrogens with zero attached hydrogens (tertiary/aromatic N) is 1. The van der Waals surface area contributed by atoms with Crippen LogP contribution in [0.2, 0.25) is 0 Å². The fraction of sp³-hybridized carbons (Fsp3) is 0.600. The maximum Gasteiger partial charge on any atom is 0.161 e. The molecule has 0 saturated carbocycles. The second-order valence-electron chi connectivity index (χ2n) is 5.21. The molecule has 4 heteroatoms. The van der Waals surface area contributed by atoms with E-state index in [1.165, 1.54) is 24.9 Å². The number of rotatable bonds is 4. The first-order valence-electron chi connectivity index (χ1n) is 7.05. The minimum absolute atomic E-state index is 0.568. The van der Waals surface area contributed by atoms with Crippen molar-refractivity contribution in [3.8, 4) is 11.5 Å². The summed E-state index contributed by atoms with van der Waals surface area (Å²) in [4.78, 5) is 2.50. The zero-order chi connectivity index (χ0) is 13.1. The summed E-state index contributed by atoms with van der Waals surface area (Å²) in [6.07, 6.45) is 3.56. The summed E-state index contributed by atoms with van der Waals surface area (Å²) in [6, 6.07) is 6.84. The van der Waals surface area contributed by atoms with E-state index in [0.29, 0.717) is 19.3 Å². The number of fused-ring (bicyclic) bond motifs is 1. The minimum atomic E-state index is 0.568. The molecule has 0 radical (unpaired) electrons. The fourth-order valence-electron chi connectivity index (χ4n) is 2.88. The highest BCUT2D eigenvalue weighted by molar-refractivity contribution is 6.18. The van der Waals surface area contributed by atoms with E-state index < -0.39 is 0 Å². The third kappa shape index (κ3) is 2.98. The zero-order valence-corrected chi connectivity index (χ0v) is 11.9. The third-order valence-corrected chi connectivity index (χ3v) is 4.33. The molecule has 3 nitrogen and oxygen atoms in total. The summed E-state index contributed by atoms with van der Waals surface area (Å²) in [6.45, 7) is 3.56. The van der Waals surface area contributed by atoms with Gasteiger partial charge >= 0.3 is 0 Å². The Kier molecular flexibility index (Phi) is 4.14. The first kappa shape index (κ1) is 13.1. The number of benzene rings is 1. The monoisotopic (exact) mass is 281 g/mol. The molecule has 2 aliphatic heterocycles. The summed E-state index contributed by atoms with van der Waals surface area (Å²) in [5.74, 6) is 2.51. The molecule has 1 saturated heterocycles. The van der Waals surface area contributed by atoms with Crippen LogP contribution in [0.15, 0.2) is 18.2 Å². The number of halogens is 1. The molecule has 0 unspecified atom stereocenters. The molecular formula is C15H20ClNO2. The van der Waals surface area contributed by atoms with Crippen LogP contribution in [0.5, 0.6) is 11.5 Å². The lowest BCUT2D eigenvalue weighted by Crippen LogP contribution is -2.32. The SMILES string of the molecule is ClC[C@@H]1CCCN1CCc1ccc2c(c1)OCCO2. The average molecular weight is 282 g/mol. The second-order valence-corrected chi connectivity index (χ2v) is 5.52. The van der Waals surface area contributed by atoms with Crippen LogP contribution in [0.4, 0.5) is 0 Å². The molecule has 3 rings (SSSR count). The molecular weight excluding hydrogens is 262 g/mol. The van der Waals surface area contributed by atoms with E-state index in [-0.39, 0.29) is 0 Å². The predicted molar refractivity (Wildman–Crippen MR) is 76.5 cm³/mol. The van der Waals surface area contributed by atoms with Crippen molar-refractivity contribution in [2.24, 2.45) is 0 Å². The summed E-state index contributed by atoms with van der Waals surface area (Å²) in [7, 11) is 0. The Balaban J connectivity index is 1.60. The van der Waals surface area contributed by atoms with Crippen LogP contribution >= 0.6 is 11.6 Å². The number of alkyl halides is 1. The molecule has 2 heterocycles. The van der Waals surface area contributed by atoms with Crippen LogP contribution in [-0.4, -0.2) is 43.1 Å². The molecule has 19 heavy (non-hydrogen) atoms. The molecule has 0 bridgehead atoms. The van der Waals surface area contributed by atoms with E-state index in [0.717, 1.165) is 30.3 Å². The maximum atomic E-state index is 6.00. The van der Waals surface area contributed by atoms with Gasteiger partial charge in [-0.2, -0.15) is 0 Å². The highest BCUT2D eigenvalue weighted by atomic mass is 35.5. The highest BCUT2D eigenvalue weighted by Crippen LogP contribution is 2.31. The Hall–Kier alpha value is -0.930. The Bertz CT molecular complexity index is 438. The van der Waals surface area contributed by atoms with Crippen molar-refractivity contribution < 1.29 is 9.47 Å². The Morgan fingerprint density at radius 1 is 1.21 bits per heavy atom. The standard InChI is InChI=1S/C15H20ClNO2/c16-11-13-2-1-6-17(13)7-5-12-3-4-14-15(10-12)19-9-8-18-14/h3-4,10,13H,1-2,5-9,11H2/t13-/m0/s1. The molecule has 104 valence electrons. The molecule has 1 aromatic carbocycles. The van der Waals surface area contributed by atoms with E-state index in [9.17, 15) is 0 Å². The van der Waals surface area contributed by atoms with Gasteiger partial charge in [0.1, 0.15) is 13.2 Å². The van der Waals surface area contributed by atoms with Gasteiger partial charge in [0.05, 0.1) is 0 Å². The lowest BCUT2D eigenvalue weighted by molar-refractivity contribution is 0.171. The zero-order valence-electron chi connectivity index (χ0n) is 11.1. The molecule has 0 aliphatic carbocycles. The van der Waals surface area contributed by atoms with Gasteiger partial charge in [-0.3, -0.25) is 4.90 Å². The van der Waals surface area contributed by atoms with Crippen molar-refractivity contribution in [2.75, 3.05) is 32.2 Å². The largest absolute Gasteiger partial charge is 0.486 e. The minimum Gasteiger partial charge on any atom is -0.486 e. The molecule has 0 N–H and O–H groups in total. The van der Waals surface area contributed by atoms with Crippen molar-refractivity contribution in [2.45, 2.75) is 25.3 Å². The third-order valence-electron chi connectivity index (χ3n) is 3.97. The van der Waals surface area contributed by atoms with Gasteiger partial charge in [-0.05, 0) is 43.5 Å². The van der Waals surface area contributed by atoms with Crippen molar-refractivity contribution in [1.29, 1.82) is 0 Å². The van der Waals surface area contributed by atoms with Crippen molar-refractivity contribution in [3.63, 3.8) is 0 Å². The summed E-state index contributed by atoms with van der Waals surface area (Å²) in [5, 5.41) is 0. The van der Waals surface area contributed by atoms with Crippen LogP contribution < -0.4 is 9.47 Å². The first-order chi connectivity index (χ1) is 9.36. The number of hydrogen-bond acceptors (Lipinski definition) is 3. The van der Waals surface area contributed by atoms with Gasteiger partial charge in [-0.15, -0.1) is 11.6 Å². The van der Waals surface area contributed by atoms with Crippen LogP contribution in [0.1, 0.15) is 18.4 Å². The van der Waals surface area contributed by atoms with Gasteiger partial charge in [-0.25, -0.2) is 0 Å².